The molecule has 0 aliphatic rings. The van der Waals surface area contributed by atoms with Gasteiger partial charge in [-0.2, -0.15) is 11.8 Å². The van der Waals surface area contributed by atoms with Gasteiger partial charge >= 0.3 is 5.97 Å². The third kappa shape index (κ3) is 8.57. The van der Waals surface area contributed by atoms with E-state index in [2.05, 4.69) is 24.5 Å². The molecule has 2 amide bonds. The molecule has 0 aliphatic heterocycles. The Balaban J connectivity index is 1.94. The summed E-state index contributed by atoms with van der Waals surface area (Å²) in [5.41, 5.74) is 2.00. The third-order valence-corrected chi connectivity index (χ3v) is 6.29. The number of thioether (sulfide) groups is 1. The highest BCUT2D eigenvalue weighted by Gasteiger charge is 2.24. The van der Waals surface area contributed by atoms with Crippen LogP contribution < -0.4 is 10.6 Å². The summed E-state index contributed by atoms with van der Waals surface area (Å²) >= 11 is 13.5. The molecule has 0 saturated carbocycles. The zero-order chi connectivity index (χ0) is 24.4. The van der Waals surface area contributed by atoms with Crippen molar-refractivity contribution in [1.82, 2.24) is 5.32 Å². The Morgan fingerprint density at radius 2 is 1.79 bits per heavy atom. The SMILES string of the molecule is CCC(C)c1ccc(NC(=O)COC(=O)C(CCSC)NC(=O)c2ccc(Cl)cc2Cl)cc1. The minimum absolute atomic E-state index is 0.177. The van der Waals surface area contributed by atoms with E-state index in [-0.39, 0.29) is 10.6 Å². The number of carbonyl (C=O) groups excluding carboxylic acids is 3. The number of benzene rings is 2. The fourth-order valence-electron chi connectivity index (χ4n) is 2.96. The Kier molecular flexibility index (Phi) is 11.0. The van der Waals surface area contributed by atoms with Gasteiger partial charge in [0.05, 0.1) is 10.6 Å². The lowest BCUT2D eigenvalue weighted by Gasteiger charge is -2.18. The van der Waals surface area contributed by atoms with Crippen LogP contribution in [0.1, 0.15) is 48.5 Å². The number of amides is 2. The first-order valence-electron chi connectivity index (χ1n) is 10.6. The summed E-state index contributed by atoms with van der Waals surface area (Å²) < 4.78 is 5.17. The van der Waals surface area contributed by atoms with E-state index < -0.39 is 30.4 Å². The summed E-state index contributed by atoms with van der Waals surface area (Å²) in [6.07, 6.45) is 3.26. The van der Waals surface area contributed by atoms with Crippen LogP contribution in [0.15, 0.2) is 42.5 Å². The van der Waals surface area contributed by atoms with Crippen LogP contribution >= 0.6 is 35.0 Å². The molecule has 2 aromatic carbocycles. The predicted octanol–water partition coefficient (Wildman–Crippen LogP) is 5.54. The van der Waals surface area contributed by atoms with Gasteiger partial charge in [-0.1, -0.05) is 49.2 Å². The molecule has 0 spiro atoms. The van der Waals surface area contributed by atoms with Crippen molar-refractivity contribution < 1.29 is 19.1 Å². The molecule has 0 radical (unpaired) electrons. The normalized spacial score (nSPS) is 12.5. The zero-order valence-corrected chi connectivity index (χ0v) is 21.2. The first-order chi connectivity index (χ1) is 15.7. The van der Waals surface area contributed by atoms with Crippen molar-refractivity contribution in [3.05, 3.63) is 63.6 Å². The van der Waals surface area contributed by atoms with Crippen LogP contribution in [0.2, 0.25) is 10.0 Å². The Bertz CT molecular complexity index is 969. The van der Waals surface area contributed by atoms with E-state index in [1.165, 1.54) is 35.5 Å². The van der Waals surface area contributed by atoms with Gasteiger partial charge in [-0.15, -0.1) is 0 Å². The molecule has 9 heteroatoms. The monoisotopic (exact) mass is 510 g/mol. The van der Waals surface area contributed by atoms with Crippen molar-refractivity contribution in [3.63, 3.8) is 0 Å². The number of esters is 1. The largest absolute Gasteiger partial charge is 0.454 e. The first-order valence-corrected chi connectivity index (χ1v) is 12.7. The van der Waals surface area contributed by atoms with E-state index >= 15 is 0 Å². The first kappa shape index (κ1) is 27.0. The highest BCUT2D eigenvalue weighted by atomic mass is 35.5. The molecule has 0 aromatic heterocycles. The Labute approximate surface area is 208 Å². The highest BCUT2D eigenvalue weighted by molar-refractivity contribution is 7.98. The molecular formula is C24H28Cl2N2O4S. The van der Waals surface area contributed by atoms with Crippen molar-refractivity contribution >= 4 is 58.4 Å². The fourth-order valence-corrected chi connectivity index (χ4v) is 3.93. The van der Waals surface area contributed by atoms with Crippen LogP contribution in [0.3, 0.4) is 0 Å². The van der Waals surface area contributed by atoms with Crippen LogP contribution in [0.4, 0.5) is 5.69 Å². The molecular weight excluding hydrogens is 483 g/mol. The number of hydrogen-bond acceptors (Lipinski definition) is 5. The molecule has 2 aromatic rings. The standard InChI is InChI=1S/C24H28Cl2N2O4S/c1-4-15(2)16-5-8-18(9-6-16)27-22(29)14-32-24(31)21(11-12-33-3)28-23(30)19-10-7-17(25)13-20(19)26/h5-10,13,15,21H,4,11-12,14H2,1-3H3,(H,27,29)(H,28,30). The average molecular weight is 511 g/mol. The number of rotatable bonds is 11. The van der Waals surface area contributed by atoms with Gasteiger partial charge in [0.2, 0.25) is 0 Å². The molecule has 2 atom stereocenters. The summed E-state index contributed by atoms with van der Waals surface area (Å²) in [7, 11) is 0. The van der Waals surface area contributed by atoms with Gasteiger partial charge in [0, 0.05) is 10.7 Å². The Morgan fingerprint density at radius 3 is 2.39 bits per heavy atom. The van der Waals surface area contributed by atoms with Gasteiger partial charge in [-0.3, -0.25) is 9.59 Å². The molecule has 33 heavy (non-hydrogen) atoms. The van der Waals surface area contributed by atoms with Crippen LogP contribution in [0.25, 0.3) is 0 Å². The molecule has 0 heterocycles. The second-order valence-electron chi connectivity index (χ2n) is 7.52. The van der Waals surface area contributed by atoms with Crippen molar-refractivity contribution in [2.24, 2.45) is 0 Å². The molecule has 0 saturated heterocycles. The van der Waals surface area contributed by atoms with E-state index in [9.17, 15) is 14.4 Å². The van der Waals surface area contributed by atoms with Crippen molar-refractivity contribution in [2.75, 3.05) is 23.9 Å². The summed E-state index contributed by atoms with van der Waals surface area (Å²) in [5.74, 6) is -0.624. The van der Waals surface area contributed by atoms with Gasteiger partial charge in [-0.05, 0) is 66.7 Å². The predicted molar refractivity (Wildman–Crippen MR) is 135 cm³/mol. The second-order valence-corrected chi connectivity index (χ2v) is 9.35. The number of ether oxygens (including phenoxy) is 1. The average Bonchev–Trinajstić information content (AvgIpc) is 2.80. The van der Waals surface area contributed by atoms with E-state index in [1.807, 2.05) is 30.5 Å². The van der Waals surface area contributed by atoms with E-state index in [0.29, 0.717) is 28.8 Å². The van der Waals surface area contributed by atoms with Crippen LogP contribution in [0.5, 0.6) is 0 Å². The molecule has 0 aliphatic carbocycles. The van der Waals surface area contributed by atoms with Crippen molar-refractivity contribution in [1.29, 1.82) is 0 Å². The van der Waals surface area contributed by atoms with E-state index in [0.717, 1.165) is 6.42 Å². The van der Waals surface area contributed by atoms with Crippen molar-refractivity contribution in [3.8, 4) is 0 Å². The lowest BCUT2D eigenvalue weighted by molar-refractivity contribution is -0.149. The summed E-state index contributed by atoms with van der Waals surface area (Å²) in [5, 5.41) is 5.92. The molecule has 6 nitrogen and oxygen atoms in total. The maximum absolute atomic E-state index is 12.6. The molecule has 2 N–H and O–H groups in total. The summed E-state index contributed by atoms with van der Waals surface area (Å²) in [6.45, 7) is 3.80. The number of halogens is 2. The quantitative estimate of drug-likeness (QED) is 0.387. The topological polar surface area (TPSA) is 84.5 Å². The van der Waals surface area contributed by atoms with Crippen LogP contribution in [-0.2, 0) is 14.3 Å². The van der Waals surface area contributed by atoms with Gasteiger partial charge in [-0.25, -0.2) is 4.79 Å². The van der Waals surface area contributed by atoms with E-state index in [1.54, 1.807) is 0 Å². The summed E-state index contributed by atoms with van der Waals surface area (Å²) in [6, 6.07) is 11.1. The van der Waals surface area contributed by atoms with E-state index in [4.69, 9.17) is 27.9 Å². The highest BCUT2D eigenvalue weighted by Crippen LogP contribution is 2.22. The minimum atomic E-state index is -0.917. The molecule has 2 rings (SSSR count). The maximum Gasteiger partial charge on any atom is 0.329 e. The maximum atomic E-state index is 12.6. The Hall–Kier alpha value is -2.22. The lowest BCUT2D eigenvalue weighted by atomic mass is 9.99. The number of anilines is 1. The molecule has 0 fully saturated rings. The van der Waals surface area contributed by atoms with Crippen molar-refractivity contribution in [2.45, 2.75) is 38.6 Å². The number of carbonyl (C=O) groups is 3. The fraction of sp³-hybridized carbons (Fsp3) is 0.375. The van der Waals surface area contributed by atoms with Crippen LogP contribution in [0, 0.1) is 0 Å². The smallest absolute Gasteiger partial charge is 0.329 e. The molecule has 0 bridgehead atoms. The van der Waals surface area contributed by atoms with Gasteiger partial charge in [0.25, 0.3) is 11.8 Å². The van der Waals surface area contributed by atoms with Gasteiger partial charge in [0.1, 0.15) is 6.04 Å². The minimum Gasteiger partial charge on any atom is -0.454 e. The zero-order valence-electron chi connectivity index (χ0n) is 18.8. The molecule has 178 valence electrons. The van der Waals surface area contributed by atoms with Crippen LogP contribution in [-0.4, -0.2) is 42.4 Å². The van der Waals surface area contributed by atoms with Gasteiger partial charge in [0.15, 0.2) is 6.61 Å². The Morgan fingerprint density at radius 1 is 1.09 bits per heavy atom. The second kappa shape index (κ2) is 13.5. The number of nitrogens with one attached hydrogen (secondary N) is 2. The molecule has 2 unspecified atom stereocenters. The van der Waals surface area contributed by atoms with Gasteiger partial charge < -0.3 is 15.4 Å². The summed E-state index contributed by atoms with van der Waals surface area (Å²) in [4.78, 5) is 37.4. The lowest BCUT2D eigenvalue weighted by Crippen LogP contribution is -2.43. The third-order valence-electron chi connectivity index (χ3n) is 5.10. The number of hydrogen-bond donors (Lipinski definition) is 2.